The van der Waals surface area contributed by atoms with E-state index in [1.165, 1.54) is 0 Å². The molecule has 396 valence electrons. The van der Waals surface area contributed by atoms with Crippen LogP contribution in [-0.4, -0.2) is 167 Å². The predicted molar refractivity (Wildman–Crippen MR) is 236 cm³/mol. The normalized spacial score (nSPS) is 11.0. The van der Waals surface area contributed by atoms with Crippen molar-refractivity contribution in [3.05, 3.63) is 101 Å². The first-order valence-electron chi connectivity index (χ1n) is 20.6. The van der Waals surface area contributed by atoms with Crippen molar-refractivity contribution in [2.45, 2.75) is 0 Å². The number of hydrogen-bond acceptors (Lipinski definition) is 26. The van der Waals surface area contributed by atoms with E-state index in [2.05, 4.69) is 67.3 Å². The second-order valence-electron chi connectivity index (χ2n) is 14.1. The maximum atomic E-state index is 12.1. The lowest BCUT2D eigenvalue weighted by Gasteiger charge is -2.37. The van der Waals surface area contributed by atoms with Crippen LogP contribution in [0.2, 0.25) is 0 Å². The highest BCUT2D eigenvalue weighted by Gasteiger charge is 2.41. The number of esters is 3. The Balaban J connectivity index is 7.27. The second-order valence-corrected chi connectivity index (χ2v) is 14.1. The fraction of sp³-hybridized carbons (Fsp3) is 0.467. The molecule has 0 aromatic carbocycles. The minimum absolute atomic E-state index is 0.150. The van der Waals surface area contributed by atoms with Crippen LogP contribution < -0.4 is 0 Å². The van der Waals surface area contributed by atoms with Gasteiger partial charge in [0.25, 0.3) is 0 Å². The zero-order valence-electron chi connectivity index (χ0n) is 39.1. The first kappa shape index (κ1) is 64.3. The van der Waals surface area contributed by atoms with Crippen LogP contribution in [0.3, 0.4) is 0 Å². The Labute approximate surface area is 408 Å². The summed E-state index contributed by atoms with van der Waals surface area (Å²) in [6, 6.07) is 0. The van der Waals surface area contributed by atoms with Gasteiger partial charge in [-0.15, -0.1) is 0 Å². The first-order chi connectivity index (χ1) is 34.1. The van der Waals surface area contributed by atoms with Crippen LogP contribution in [-0.2, 0) is 125 Å². The second kappa shape index (κ2) is 39.1. The number of carbonyl (C=O) groups is 8. The summed E-state index contributed by atoms with van der Waals surface area (Å²) in [5.74, 6) is -7.33. The summed E-state index contributed by atoms with van der Waals surface area (Å²) in [5.41, 5.74) is -4.78. The van der Waals surface area contributed by atoms with E-state index in [4.69, 9.17) is 72.1 Å². The van der Waals surface area contributed by atoms with E-state index in [1.54, 1.807) is 0 Å². The molecule has 0 aliphatic rings. The van der Waals surface area contributed by atoms with Gasteiger partial charge in [-0.05, 0) is 0 Å². The third-order valence-corrected chi connectivity index (χ3v) is 8.14. The molecule has 26 nitrogen and oxygen atoms in total. The van der Waals surface area contributed by atoms with Gasteiger partial charge >= 0.3 is 47.8 Å². The summed E-state index contributed by atoms with van der Waals surface area (Å²) >= 11 is 0. The lowest BCUT2D eigenvalue weighted by atomic mass is 9.89. The first-order valence-corrected chi connectivity index (χ1v) is 20.6. The van der Waals surface area contributed by atoms with Crippen molar-refractivity contribution in [1.29, 1.82) is 0 Å². The standard InChI is InChI=1S/C45H60O26/c1-9-35(46)59-20-17-54-23-43(24-55-18-21-60-36(47)10-2,25-56-19-22-61-37(48)11-3)26-57-27-44(30-62-67-38(49)12-4,31-63-68-39(50)13-5)28-58-29-45(32-64-69-40(51)14-6,33-65-70-41(52)15-7)34-66-71-42(53)16-8/h9-16H,1-8,17-34H2. The van der Waals surface area contributed by atoms with Gasteiger partial charge in [-0.25, -0.2) is 38.4 Å². The van der Waals surface area contributed by atoms with Gasteiger partial charge in [0, 0.05) is 48.6 Å². The number of carbonyl (C=O) groups excluding carboxylic acids is 8. The summed E-state index contributed by atoms with van der Waals surface area (Å²) in [6.45, 7) is 19.2. The summed E-state index contributed by atoms with van der Waals surface area (Å²) in [6.07, 6.45) is 6.76. The van der Waals surface area contributed by atoms with Crippen LogP contribution in [0.4, 0.5) is 0 Å². The molecule has 71 heavy (non-hydrogen) atoms. The lowest BCUT2D eigenvalue weighted by Crippen LogP contribution is -2.47. The highest BCUT2D eigenvalue weighted by molar-refractivity contribution is 5.83. The molecule has 0 radical (unpaired) electrons. The molecular formula is C45H60O26. The minimum Gasteiger partial charge on any atom is -0.460 e. The molecule has 0 aromatic heterocycles. The summed E-state index contributed by atoms with van der Waals surface area (Å²) in [7, 11) is 0. The third kappa shape index (κ3) is 31.2. The van der Waals surface area contributed by atoms with E-state index < -0.39 is 117 Å². The molecule has 0 unspecified atom stereocenters. The molecule has 0 rings (SSSR count). The van der Waals surface area contributed by atoms with Gasteiger partial charge in [0.15, 0.2) is 0 Å². The van der Waals surface area contributed by atoms with Crippen LogP contribution in [0.25, 0.3) is 0 Å². The van der Waals surface area contributed by atoms with Crippen molar-refractivity contribution in [1.82, 2.24) is 0 Å². The molecule has 0 atom stereocenters. The van der Waals surface area contributed by atoms with E-state index in [0.717, 1.165) is 48.6 Å². The van der Waals surface area contributed by atoms with Crippen LogP contribution in [0, 0.1) is 16.2 Å². The van der Waals surface area contributed by atoms with E-state index >= 15 is 0 Å². The van der Waals surface area contributed by atoms with Gasteiger partial charge in [-0.1, -0.05) is 52.6 Å². The topological polar surface area (TPSA) is 303 Å². The molecule has 0 heterocycles. The molecule has 0 amide bonds. The monoisotopic (exact) mass is 1020 g/mol. The van der Waals surface area contributed by atoms with Crippen LogP contribution in [0.5, 0.6) is 0 Å². The Morgan fingerprint density at radius 2 is 0.437 bits per heavy atom. The van der Waals surface area contributed by atoms with E-state index in [9.17, 15) is 38.4 Å². The van der Waals surface area contributed by atoms with Gasteiger partial charge < -0.3 is 37.9 Å². The van der Waals surface area contributed by atoms with Crippen molar-refractivity contribution < 1.29 is 125 Å². The van der Waals surface area contributed by atoms with Gasteiger partial charge in [0.2, 0.25) is 0 Å². The van der Waals surface area contributed by atoms with Crippen LogP contribution in [0.15, 0.2) is 101 Å². The summed E-state index contributed by atoms with van der Waals surface area (Å²) < 4.78 is 45.1. The Bertz CT molecular complexity index is 1610. The Hall–Kier alpha value is -6.72. The SMILES string of the molecule is C=CC(=O)OCCOCC(COCCOC(=O)C=C)(COCCOC(=O)C=C)COCC(COCC(COOC(=O)C=C)(COOC(=O)C=C)COOC(=O)C=C)(COOC(=O)C=C)COOC(=O)C=C. The zero-order valence-corrected chi connectivity index (χ0v) is 39.1. The average Bonchev–Trinajstić information content (AvgIpc) is 3.37. The quantitative estimate of drug-likeness (QED) is 0.0208. The fourth-order valence-corrected chi connectivity index (χ4v) is 4.60. The molecule has 0 aliphatic carbocycles. The smallest absolute Gasteiger partial charge is 0.365 e. The van der Waals surface area contributed by atoms with Gasteiger partial charge in [0.05, 0.1) is 82.3 Å². The van der Waals surface area contributed by atoms with Crippen LogP contribution >= 0.6 is 0 Å². The summed E-state index contributed by atoms with van der Waals surface area (Å²) in [5, 5.41) is 0. The third-order valence-electron chi connectivity index (χ3n) is 8.14. The predicted octanol–water partition coefficient (Wildman–Crippen LogP) is 1.52. The Morgan fingerprint density at radius 1 is 0.254 bits per heavy atom. The average molecular weight is 1020 g/mol. The molecule has 0 bridgehead atoms. The summed E-state index contributed by atoms with van der Waals surface area (Å²) in [4.78, 5) is 144. The molecule has 0 aliphatic heterocycles. The minimum atomic E-state index is -1.75. The lowest BCUT2D eigenvalue weighted by molar-refractivity contribution is -0.343. The van der Waals surface area contributed by atoms with Crippen LogP contribution in [0.1, 0.15) is 0 Å². The molecule has 0 N–H and O–H groups in total. The molecule has 0 spiro atoms. The molecule has 0 saturated heterocycles. The largest absolute Gasteiger partial charge is 0.460 e. The van der Waals surface area contributed by atoms with Crippen molar-refractivity contribution in [3.63, 3.8) is 0 Å². The van der Waals surface area contributed by atoms with Crippen molar-refractivity contribution in [3.8, 4) is 0 Å². The maximum Gasteiger partial charge on any atom is 0.365 e. The zero-order chi connectivity index (χ0) is 53.2. The molecule has 0 saturated carbocycles. The van der Waals surface area contributed by atoms with Gasteiger partial charge in [-0.2, -0.15) is 24.4 Å². The highest BCUT2D eigenvalue weighted by Crippen LogP contribution is 2.28. The molecule has 0 aromatic rings. The van der Waals surface area contributed by atoms with Gasteiger partial charge in [0.1, 0.15) is 52.9 Å². The fourth-order valence-electron chi connectivity index (χ4n) is 4.60. The van der Waals surface area contributed by atoms with Crippen molar-refractivity contribution >= 4 is 47.8 Å². The molecule has 0 fully saturated rings. The Morgan fingerprint density at radius 3 is 0.648 bits per heavy atom. The van der Waals surface area contributed by atoms with Crippen molar-refractivity contribution in [2.24, 2.45) is 16.2 Å². The number of rotatable bonds is 46. The van der Waals surface area contributed by atoms with E-state index in [-0.39, 0.29) is 66.1 Å². The maximum absolute atomic E-state index is 12.1. The Kier molecular flexibility index (Phi) is 35.4. The van der Waals surface area contributed by atoms with Crippen molar-refractivity contribution in [2.75, 3.05) is 119 Å². The molecular weight excluding hydrogens is 956 g/mol. The number of ether oxygens (including phenoxy) is 8. The highest BCUT2D eigenvalue weighted by atomic mass is 17.2. The van der Waals surface area contributed by atoms with E-state index in [0.29, 0.717) is 0 Å². The van der Waals surface area contributed by atoms with E-state index in [1.807, 2.05) is 0 Å². The van der Waals surface area contributed by atoms with Gasteiger partial charge in [-0.3, -0.25) is 24.4 Å². The number of hydrogen-bond donors (Lipinski definition) is 0. The molecule has 26 heteroatoms.